The number of para-hydroxylation sites is 1. The molecule has 0 aliphatic heterocycles. The summed E-state index contributed by atoms with van der Waals surface area (Å²) in [5.74, 6) is 0.402. The summed E-state index contributed by atoms with van der Waals surface area (Å²) in [7, 11) is 0. The van der Waals surface area contributed by atoms with Gasteiger partial charge in [0, 0.05) is 13.1 Å². The highest BCUT2D eigenvalue weighted by atomic mass is 16.5. The molecule has 0 spiro atoms. The highest BCUT2D eigenvalue weighted by molar-refractivity contribution is 5.90. The predicted octanol–water partition coefficient (Wildman–Crippen LogP) is 3.75. The number of aromatic nitrogens is 2. The van der Waals surface area contributed by atoms with Crippen molar-refractivity contribution in [2.75, 3.05) is 26.3 Å². The first-order valence-electron chi connectivity index (χ1n) is 12.1. The smallest absolute Gasteiger partial charge is 0.335 e. The number of benzene rings is 3. The molecule has 37 heavy (non-hydrogen) atoms. The minimum atomic E-state index is -0.917. The van der Waals surface area contributed by atoms with Gasteiger partial charge in [0.2, 0.25) is 0 Å². The second-order valence-corrected chi connectivity index (χ2v) is 9.06. The molecule has 5 N–H and O–H groups in total. The number of aliphatic hydroxyl groups is 1. The Kier molecular flexibility index (Phi) is 8.27. The largest absolute Gasteiger partial charge is 0.492 e. The molecule has 9 nitrogen and oxygen atoms in total. The zero-order valence-corrected chi connectivity index (χ0v) is 20.8. The van der Waals surface area contributed by atoms with Crippen molar-refractivity contribution in [1.82, 2.24) is 15.3 Å². The molecule has 0 amide bonds. The molecule has 1 aromatic heterocycles. The molecule has 0 unspecified atom stereocenters. The molecular weight excluding hydrogens is 474 g/mol. The second kappa shape index (κ2) is 11.8. The summed E-state index contributed by atoms with van der Waals surface area (Å²) in [6.07, 6.45) is -0.733. The first-order chi connectivity index (χ1) is 17.8. The van der Waals surface area contributed by atoms with Crippen molar-refractivity contribution in [2.24, 2.45) is 0 Å². The number of fused-ring (bicyclic) bond motifs is 1. The average Bonchev–Trinajstić information content (AvgIpc) is 3.28. The van der Waals surface area contributed by atoms with E-state index in [1.54, 1.807) is 24.3 Å². The van der Waals surface area contributed by atoms with E-state index >= 15 is 0 Å². The fraction of sp³-hybridized carbons (Fsp3) is 0.286. The number of carbonyl (C=O) groups is 1. The van der Waals surface area contributed by atoms with Gasteiger partial charge in [-0.05, 0) is 52.9 Å². The molecule has 0 aliphatic carbocycles. The molecule has 1 atom stereocenters. The van der Waals surface area contributed by atoms with Crippen LogP contribution < -0.4 is 20.5 Å². The Balaban J connectivity index is 1.21. The van der Waals surface area contributed by atoms with Crippen molar-refractivity contribution in [3.05, 3.63) is 82.3 Å². The van der Waals surface area contributed by atoms with Gasteiger partial charge in [-0.2, -0.15) is 0 Å². The molecule has 0 saturated carbocycles. The van der Waals surface area contributed by atoms with Crippen LogP contribution in [-0.4, -0.2) is 58.6 Å². The van der Waals surface area contributed by atoms with E-state index in [1.807, 2.05) is 50.2 Å². The van der Waals surface area contributed by atoms with Crippen molar-refractivity contribution >= 4 is 17.0 Å². The number of ether oxygens (including phenoxy) is 2. The van der Waals surface area contributed by atoms with E-state index in [-0.39, 0.29) is 18.2 Å². The van der Waals surface area contributed by atoms with Gasteiger partial charge in [0.1, 0.15) is 36.3 Å². The first kappa shape index (κ1) is 26.0. The lowest BCUT2D eigenvalue weighted by Crippen LogP contribution is -2.33. The quantitative estimate of drug-likeness (QED) is 0.185. The third-order valence-electron chi connectivity index (χ3n) is 5.96. The summed E-state index contributed by atoms with van der Waals surface area (Å²) in [6.45, 7) is 5.32. The van der Waals surface area contributed by atoms with Crippen LogP contribution in [-0.2, 0) is 0 Å². The zero-order valence-electron chi connectivity index (χ0n) is 20.8. The standard InChI is InChI=1S/C28H31N3O6/c1-17(2)23-14-19(8-11-22(23)27(33)34)18-6-9-21(10-7-18)36-13-12-29-15-20(32)16-37-25-5-3-4-24-26(25)31-28(35)30-24/h3-11,14,17,20,29,32H,12-13,15-16H2,1-2H3,(H,33,34)(H2,30,31,35)/t20-/m1/s1. The van der Waals surface area contributed by atoms with E-state index < -0.39 is 12.1 Å². The molecule has 0 radical (unpaired) electrons. The fourth-order valence-corrected chi connectivity index (χ4v) is 4.06. The lowest BCUT2D eigenvalue weighted by Gasteiger charge is -2.14. The van der Waals surface area contributed by atoms with E-state index in [4.69, 9.17) is 9.47 Å². The van der Waals surface area contributed by atoms with Crippen LogP contribution in [0.5, 0.6) is 11.5 Å². The lowest BCUT2D eigenvalue weighted by molar-refractivity contribution is 0.0695. The normalized spacial score (nSPS) is 12.1. The highest BCUT2D eigenvalue weighted by Crippen LogP contribution is 2.28. The molecule has 0 aliphatic rings. The molecule has 194 valence electrons. The van der Waals surface area contributed by atoms with Crippen molar-refractivity contribution in [2.45, 2.75) is 25.9 Å². The third kappa shape index (κ3) is 6.58. The van der Waals surface area contributed by atoms with Crippen LogP contribution >= 0.6 is 0 Å². The summed E-state index contributed by atoms with van der Waals surface area (Å²) in [4.78, 5) is 28.3. The number of carboxylic acid groups (broad SMARTS) is 1. The predicted molar refractivity (Wildman–Crippen MR) is 142 cm³/mol. The van der Waals surface area contributed by atoms with Crippen LogP contribution in [0.1, 0.15) is 35.7 Å². The van der Waals surface area contributed by atoms with Gasteiger partial charge < -0.3 is 35.0 Å². The van der Waals surface area contributed by atoms with Crippen LogP contribution in [0.15, 0.2) is 65.5 Å². The molecule has 4 rings (SSSR count). The minimum Gasteiger partial charge on any atom is -0.492 e. The number of hydrogen-bond donors (Lipinski definition) is 5. The number of carboxylic acids is 1. The van der Waals surface area contributed by atoms with Gasteiger partial charge in [-0.25, -0.2) is 9.59 Å². The van der Waals surface area contributed by atoms with Crippen molar-refractivity contribution in [3.8, 4) is 22.6 Å². The van der Waals surface area contributed by atoms with Gasteiger partial charge in [-0.1, -0.05) is 44.2 Å². The maximum atomic E-state index is 11.5. The highest BCUT2D eigenvalue weighted by Gasteiger charge is 2.14. The Labute approximate surface area is 214 Å². The van der Waals surface area contributed by atoms with E-state index in [9.17, 15) is 19.8 Å². The Morgan fingerprint density at radius 1 is 1.00 bits per heavy atom. The number of aromatic amines is 2. The Hall–Kier alpha value is -4.08. The summed E-state index contributed by atoms with van der Waals surface area (Å²) < 4.78 is 11.4. The number of rotatable bonds is 12. The average molecular weight is 506 g/mol. The molecule has 0 saturated heterocycles. The number of aromatic carboxylic acids is 1. The summed E-state index contributed by atoms with van der Waals surface area (Å²) in [5, 5.41) is 22.8. The number of aliphatic hydroxyl groups excluding tert-OH is 1. The second-order valence-electron chi connectivity index (χ2n) is 9.06. The Morgan fingerprint density at radius 3 is 2.49 bits per heavy atom. The lowest BCUT2D eigenvalue weighted by atomic mass is 9.93. The maximum absolute atomic E-state index is 11.5. The van der Waals surface area contributed by atoms with Gasteiger partial charge in [0.05, 0.1) is 11.1 Å². The van der Waals surface area contributed by atoms with Crippen LogP contribution in [0.2, 0.25) is 0 Å². The molecule has 0 fully saturated rings. The summed E-state index contributed by atoms with van der Waals surface area (Å²) in [6, 6.07) is 18.3. The molecule has 1 heterocycles. The van der Waals surface area contributed by atoms with Crippen LogP contribution in [0, 0.1) is 0 Å². The van der Waals surface area contributed by atoms with E-state index in [2.05, 4.69) is 15.3 Å². The van der Waals surface area contributed by atoms with E-state index in [1.165, 1.54) is 0 Å². The summed E-state index contributed by atoms with van der Waals surface area (Å²) >= 11 is 0. The van der Waals surface area contributed by atoms with Gasteiger partial charge in [-0.15, -0.1) is 0 Å². The van der Waals surface area contributed by atoms with Crippen molar-refractivity contribution in [3.63, 3.8) is 0 Å². The molecule has 9 heteroatoms. The Morgan fingerprint density at radius 2 is 1.76 bits per heavy atom. The van der Waals surface area contributed by atoms with Gasteiger partial charge in [0.15, 0.2) is 0 Å². The minimum absolute atomic E-state index is 0.0770. The molecule has 4 aromatic rings. The molecule has 3 aromatic carbocycles. The number of hydrogen-bond acceptors (Lipinski definition) is 6. The van der Waals surface area contributed by atoms with Gasteiger partial charge in [0.25, 0.3) is 0 Å². The van der Waals surface area contributed by atoms with Crippen LogP contribution in [0.4, 0.5) is 0 Å². The molecular formula is C28H31N3O6. The summed E-state index contributed by atoms with van der Waals surface area (Å²) in [5.41, 5.74) is 3.99. The maximum Gasteiger partial charge on any atom is 0.335 e. The van der Waals surface area contributed by atoms with Gasteiger partial charge >= 0.3 is 11.7 Å². The fourth-order valence-electron chi connectivity index (χ4n) is 4.06. The van der Waals surface area contributed by atoms with Crippen molar-refractivity contribution in [1.29, 1.82) is 0 Å². The van der Waals surface area contributed by atoms with E-state index in [0.29, 0.717) is 47.8 Å². The Bertz CT molecular complexity index is 1410. The van der Waals surface area contributed by atoms with Crippen molar-refractivity contribution < 1.29 is 24.5 Å². The third-order valence-corrected chi connectivity index (χ3v) is 5.96. The van der Waals surface area contributed by atoms with Crippen LogP contribution in [0.25, 0.3) is 22.2 Å². The number of nitrogens with one attached hydrogen (secondary N) is 3. The number of H-pyrrole nitrogens is 2. The first-order valence-corrected chi connectivity index (χ1v) is 12.1. The monoisotopic (exact) mass is 505 g/mol. The molecule has 0 bridgehead atoms. The zero-order chi connectivity index (χ0) is 26.4. The van der Waals surface area contributed by atoms with E-state index in [0.717, 1.165) is 16.7 Å². The number of imidazole rings is 1. The topological polar surface area (TPSA) is 137 Å². The van der Waals surface area contributed by atoms with Gasteiger partial charge in [-0.3, -0.25) is 0 Å². The van der Waals surface area contributed by atoms with Crippen LogP contribution in [0.3, 0.4) is 0 Å². The SMILES string of the molecule is CC(C)c1cc(-c2ccc(OCCNC[C@@H](O)COc3cccc4[nH]c(=O)[nH]c34)cc2)ccc1C(=O)O.